The third-order valence-electron chi connectivity index (χ3n) is 4.41. The maximum atomic E-state index is 13.0. The molecule has 2 aromatic heterocycles. The van der Waals surface area contributed by atoms with Crippen molar-refractivity contribution < 1.29 is 14.1 Å². The van der Waals surface area contributed by atoms with Crippen LogP contribution in [0, 0.1) is 13.8 Å². The fraction of sp³-hybridized carbons (Fsp3) is 0.588. The molecule has 1 saturated heterocycles. The number of pyridine rings is 1. The third kappa shape index (κ3) is 3.42. The first kappa shape index (κ1) is 16.9. The number of carbonyl (C=O) groups is 1. The van der Waals surface area contributed by atoms with Gasteiger partial charge < -0.3 is 19.9 Å². The zero-order chi connectivity index (χ0) is 17.1. The fourth-order valence-corrected chi connectivity index (χ4v) is 3.12. The molecule has 0 aromatic carbocycles. The summed E-state index contributed by atoms with van der Waals surface area (Å²) < 4.78 is 11.0. The summed E-state index contributed by atoms with van der Waals surface area (Å²) in [6.07, 6.45) is 2.80. The highest BCUT2D eigenvalue weighted by Gasteiger charge is 2.26. The number of rotatable bonds is 5. The second-order valence-electron chi connectivity index (χ2n) is 6.26. The number of likely N-dealkylation sites (tertiary alicyclic amines) is 1. The maximum absolute atomic E-state index is 13.0. The minimum absolute atomic E-state index is 0.0113. The Hall–Kier alpha value is -1.99. The Kier molecular flexibility index (Phi) is 5.11. The minimum Gasteiger partial charge on any atom is -0.378 e. The van der Waals surface area contributed by atoms with Crippen LogP contribution in [0.5, 0.6) is 0 Å². The number of nitrogens with two attached hydrogens (primary N) is 1. The molecule has 2 aromatic rings. The van der Waals surface area contributed by atoms with Crippen LogP contribution in [0.25, 0.3) is 11.1 Å². The lowest BCUT2D eigenvalue weighted by molar-refractivity contribution is 0.00849. The number of aryl methyl sites for hydroxylation is 2. The fourth-order valence-electron chi connectivity index (χ4n) is 3.12. The largest absolute Gasteiger partial charge is 0.378 e. The van der Waals surface area contributed by atoms with E-state index in [0.29, 0.717) is 48.6 Å². The first-order chi connectivity index (χ1) is 11.6. The Morgan fingerprint density at radius 2 is 2.17 bits per heavy atom. The van der Waals surface area contributed by atoms with Crippen LogP contribution in [-0.2, 0) is 4.74 Å². The van der Waals surface area contributed by atoms with E-state index < -0.39 is 0 Å². The number of piperidine rings is 1. The standard InChI is InChI=1S/C17H24N4O3/c1-11-10-14(15-12(2)20-24-16(15)19-11)17(22)21-7-4-13(5-8-21)23-9-3-6-18/h10,13H,3-9,18H2,1-2H3. The van der Waals surface area contributed by atoms with Crippen molar-refractivity contribution in [2.75, 3.05) is 26.2 Å². The van der Waals surface area contributed by atoms with E-state index in [0.717, 1.165) is 25.0 Å². The molecule has 3 rings (SSSR count). The van der Waals surface area contributed by atoms with E-state index in [2.05, 4.69) is 10.1 Å². The van der Waals surface area contributed by atoms with Crippen LogP contribution < -0.4 is 5.73 Å². The molecule has 0 saturated carbocycles. The number of aromatic nitrogens is 2. The number of carbonyl (C=O) groups excluding carboxylic acids is 1. The predicted octanol–water partition coefficient (Wildman–Crippen LogP) is 1.81. The van der Waals surface area contributed by atoms with Gasteiger partial charge in [0, 0.05) is 25.4 Å². The molecule has 1 aliphatic heterocycles. The lowest BCUT2D eigenvalue weighted by Crippen LogP contribution is -2.41. The van der Waals surface area contributed by atoms with E-state index in [1.54, 1.807) is 0 Å². The van der Waals surface area contributed by atoms with Crippen LogP contribution in [0.4, 0.5) is 0 Å². The van der Waals surface area contributed by atoms with E-state index in [1.807, 2.05) is 24.8 Å². The summed E-state index contributed by atoms with van der Waals surface area (Å²) in [4.78, 5) is 19.1. The number of hydrogen-bond acceptors (Lipinski definition) is 6. The molecule has 0 radical (unpaired) electrons. The van der Waals surface area contributed by atoms with Crippen LogP contribution in [0.15, 0.2) is 10.6 Å². The summed E-state index contributed by atoms with van der Waals surface area (Å²) in [6.45, 7) is 6.41. The first-order valence-electron chi connectivity index (χ1n) is 8.44. The summed E-state index contributed by atoms with van der Waals surface area (Å²) in [5.41, 5.74) is 7.98. The quantitative estimate of drug-likeness (QED) is 0.839. The number of fused-ring (bicyclic) bond motifs is 1. The monoisotopic (exact) mass is 332 g/mol. The Labute approximate surface area is 141 Å². The van der Waals surface area contributed by atoms with E-state index in [9.17, 15) is 4.79 Å². The van der Waals surface area contributed by atoms with Crippen molar-refractivity contribution in [1.82, 2.24) is 15.0 Å². The van der Waals surface area contributed by atoms with Gasteiger partial charge >= 0.3 is 0 Å². The molecule has 0 aliphatic carbocycles. The van der Waals surface area contributed by atoms with Crippen molar-refractivity contribution in [3.05, 3.63) is 23.0 Å². The molecule has 24 heavy (non-hydrogen) atoms. The Morgan fingerprint density at radius 3 is 2.88 bits per heavy atom. The van der Waals surface area contributed by atoms with Crippen LogP contribution in [0.1, 0.15) is 41.0 Å². The van der Waals surface area contributed by atoms with Gasteiger partial charge in [0.05, 0.1) is 22.7 Å². The molecule has 1 amide bonds. The van der Waals surface area contributed by atoms with Crippen LogP contribution in [0.2, 0.25) is 0 Å². The molecule has 0 unspecified atom stereocenters. The third-order valence-corrected chi connectivity index (χ3v) is 4.41. The van der Waals surface area contributed by atoms with E-state index in [-0.39, 0.29) is 12.0 Å². The average molecular weight is 332 g/mol. The van der Waals surface area contributed by atoms with Crippen molar-refractivity contribution in [2.24, 2.45) is 5.73 Å². The highest BCUT2D eigenvalue weighted by molar-refractivity contribution is 6.06. The summed E-state index contributed by atoms with van der Waals surface area (Å²) >= 11 is 0. The molecule has 0 atom stereocenters. The van der Waals surface area contributed by atoms with Gasteiger partial charge in [0.1, 0.15) is 0 Å². The molecule has 130 valence electrons. The minimum atomic E-state index is 0.0113. The smallest absolute Gasteiger partial charge is 0.258 e. The van der Waals surface area contributed by atoms with Gasteiger partial charge in [0.2, 0.25) is 0 Å². The lowest BCUT2D eigenvalue weighted by atomic mass is 10.0. The lowest BCUT2D eigenvalue weighted by Gasteiger charge is -2.32. The molecule has 3 heterocycles. The van der Waals surface area contributed by atoms with Crippen LogP contribution in [-0.4, -0.2) is 53.3 Å². The summed E-state index contributed by atoms with van der Waals surface area (Å²) in [5, 5.41) is 4.66. The second kappa shape index (κ2) is 7.27. The maximum Gasteiger partial charge on any atom is 0.258 e. The van der Waals surface area contributed by atoms with E-state index in [1.165, 1.54) is 0 Å². The molecule has 0 bridgehead atoms. The molecule has 1 fully saturated rings. The van der Waals surface area contributed by atoms with Gasteiger partial charge in [-0.15, -0.1) is 0 Å². The Morgan fingerprint density at radius 1 is 1.42 bits per heavy atom. The normalized spacial score (nSPS) is 16.0. The Bertz CT molecular complexity index is 720. The summed E-state index contributed by atoms with van der Waals surface area (Å²) in [5.74, 6) is 0.0113. The predicted molar refractivity (Wildman–Crippen MR) is 89.8 cm³/mol. The number of amides is 1. The molecule has 1 aliphatic rings. The highest BCUT2D eigenvalue weighted by Crippen LogP contribution is 2.25. The highest BCUT2D eigenvalue weighted by atomic mass is 16.5. The van der Waals surface area contributed by atoms with Crippen LogP contribution in [0.3, 0.4) is 0 Å². The zero-order valence-corrected chi connectivity index (χ0v) is 14.2. The second-order valence-corrected chi connectivity index (χ2v) is 6.26. The summed E-state index contributed by atoms with van der Waals surface area (Å²) in [6, 6.07) is 1.82. The van der Waals surface area contributed by atoms with Crippen molar-refractivity contribution in [2.45, 2.75) is 39.2 Å². The zero-order valence-electron chi connectivity index (χ0n) is 14.2. The average Bonchev–Trinajstić information content (AvgIpc) is 2.95. The van der Waals surface area contributed by atoms with Gasteiger partial charge in [-0.1, -0.05) is 5.16 Å². The van der Waals surface area contributed by atoms with Gasteiger partial charge in [-0.05, 0) is 45.7 Å². The van der Waals surface area contributed by atoms with E-state index >= 15 is 0 Å². The van der Waals surface area contributed by atoms with Crippen molar-refractivity contribution in [3.8, 4) is 0 Å². The first-order valence-corrected chi connectivity index (χ1v) is 8.44. The Balaban J connectivity index is 1.71. The SMILES string of the molecule is Cc1cc(C(=O)N2CCC(OCCCN)CC2)c2c(C)noc2n1. The van der Waals surface area contributed by atoms with Gasteiger partial charge in [-0.25, -0.2) is 4.98 Å². The molecule has 7 heteroatoms. The molecule has 0 spiro atoms. The molecule has 2 N–H and O–H groups in total. The number of hydrogen-bond donors (Lipinski definition) is 1. The van der Waals surface area contributed by atoms with Gasteiger partial charge in [-0.2, -0.15) is 0 Å². The summed E-state index contributed by atoms with van der Waals surface area (Å²) in [7, 11) is 0. The number of ether oxygens (including phenoxy) is 1. The topological polar surface area (TPSA) is 94.5 Å². The van der Waals surface area contributed by atoms with Gasteiger partial charge in [-0.3, -0.25) is 4.79 Å². The number of nitrogens with zero attached hydrogens (tertiary/aromatic N) is 3. The molecular formula is C17H24N4O3. The van der Waals surface area contributed by atoms with Crippen molar-refractivity contribution in [3.63, 3.8) is 0 Å². The molecule has 7 nitrogen and oxygen atoms in total. The van der Waals surface area contributed by atoms with Crippen LogP contribution >= 0.6 is 0 Å². The van der Waals surface area contributed by atoms with E-state index in [4.69, 9.17) is 15.0 Å². The van der Waals surface area contributed by atoms with Crippen molar-refractivity contribution >= 4 is 17.0 Å². The van der Waals surface area contributed by atoms with Gasteiger partial charge in [0.15, 0.2) is 0 Å². The van der Waals surface area contributed by atoms with Gasteiger partial charge in [0.25, 0.3) is 11.6 Å². The van der Waals surface area contributed by atoms with Crippen molar-refractivity contribution in [1.29, 1.82) is 0 Å². The molecular weight excluding hydrogens is 308 g/mol.